The van der Waals surface area contributed by atoms with Crippen molar-refractivity contribution in [2.75, 3.05) is 25.0 Å². The molecule has 0 radical (unpaired) electrons. The molecule has 0 amide bonds. The molecule has 78 valence electrons. The molecule has 0 fully saturated rings. The maximum Gasteiger partial charge on any atom is 0.0640 e. The van der Waals surface area contributed by atoms with E-state index in [1.165, 1.54) is 5.56 Å². The highest BCUT2D eigenvalue weighted by atomic mass is 35.5. The van der Waals surface area contributed by atoms with E-state index in [4.69, 9.17) is 11.6 Å². The summed E-state index contributed by atoms with van der Waals surface area (Å²) in [5.41, 5.74) is 2.53. The minimum absolute atomic E-state index is 0.110. The van der Waals surface area contributed by atoms with Gasteiger partial charge in [-0.3, -0.25) is 0 Å². The Morgan fingerprint density at radius 3 is 3.00 bits per heavy atom. The molecule has 2 N–H and O–H groups in total. The standard InChI is InChI=1S/C12H13ClN2/c13-10-4-1-3-9-11(10)15-8-12(9)5-2-6-14-7-12/h1-5,14-15H,6-8H2/t12-/m1/s1. The van der Waals surface area contributed by atoms with Crippen molar-refractivity contribution < 1.29 is 0 Å². The molecule has 1 spiro atoms. The van der Waals surface area contributed by atoms with Crippen LogP contribution in [0.25, 0.3) is 0 Å². The summed E-state index contributed by atoms with van der Waals surface area (Å²) in [4.78, 5) is 0. The molecule has 1 aromatic rings. The van der Waals surface area contributed by atoms with E-state index in [-0.39, 0.29) is 5.41 Å². The lowest BCUT2D eigenvalue weighted by atomic mass is 9.80. The summed E-state index contributed by atoms with van der Waals surface area (Å²) in [5.74, 6) is 0. The molecule has 0 bridgehead atoms. The van der Waals surface area contributed by atoms with Crippen molar-refractivity contribution in [2.24, 2.45) is 0 Å². The van der Waals surface area contributed by atoms with E-state index in [1.54, 1.807) is 0 Å². The van der Waals surface area contributed by atoms with Gasteiger partial charge in [0, 0.05) is 25.0 Å². The molecule has 3 rings (SSSR count). The van der Waals surface area contributed by atoms with Crippen LogP contribution in [0.1, 0.15) is 5.56 Å². The number of benzene rings is 1. The SMILES string of the molecule is Clc1cccc2c1NC[C@]21C=CCNC1. The fraction of sp³-hybridized carbons (Fsp3) is 0.333. The van der Waals surface area contributed by atoms with Crippen molar-refractivity contribution >= 4 is 17.3 Å². The Labute approximate surface area is 94.3 Å². The molecule has 3 heteroatoms. The first kappa shape index (κ1) is 9.25. The van der Waals surface area contributed by atoms with Gasteiger partial charge in [-0.25, -0.2) is 0 Å². The van der Waals surface area contributed by atoms with Crippen molar-refractivity contribution in [1.29, 1.82) is 0 Å². The van der Waals surface area contributed by atoms with Crippen molar-refractivity contribution in [3.63, 3.8) is 0 Å². The molecular weight excluding hydrogens is 208 g/mol. The first-order valence-corrected chi connectivity index (χ1v) is 5.61. The number of hydrogen-bond acceptors (Lipinski definition) is 2. The first-order chi connectivity index (χ1) is 7.32. The molecule has 0 aromatic heterocycles. The summed E-state index contributed by atoms with van der Waals surface area (Å²) < 4.78 is 0. The van der Waals surface area contributed by atoms with Crippen LogP contribution >= 0.6 is 11.6 Å². The van der Waals surface area contributed by atoms with Gasteiger partial charge in [-0.05, 0) is 11.6 Å². The highest BCUT2D eigenvalue weighted by molar-refractivity contribution is 6.33. The van der Waals surface area contributed by atoms with Gasteiger partial charge >= 0.3 is 0 Å². The van der Waals surface area contributed by atoms with E-state index in [9.17, 15) is 0 Å². The number of hydrogen-bond donors (Lipinski definition) is 2. The van der Waals surface area contributed by atoms with Crippen LogP contribution in [0.3, 0.4) is 0 Å². The lowest BCUT2D eigenvalue weighted by Crippen LogP contribution is -2.41. The van der Waals surface area contributed by atoms with E-state index < -0.39 is 0 Å². The summed E-state index contributed by atoms with van der Waals surface area (Å²) in [6.07, 6.45) is 4.50. The summed E-state index contributed by atoms with van der Waals surface area (Å²) in [6, 6.07) is 6.13. The summed E-state index contributed by atoms with van der Waals surface area (Å²) >= 11 is 6.17. The second-order valence-corrected chi connectivity index (χ2v) is 4.61. The Kier molecular flexibility index (Phi) is 2.01. The van der Waals surface area contributed by atoms with Crippen LogP contribution in [0, 0.1) is 0 Å². The third-order valence-electron chi connectivity index (χ3n) is 3.27. The molecule has 0 aliphatic carbocycles. The molecule has 0 unspecified atom stereocenters. The minimum Gasteiger partial charge on any atom is -0.382 e. The van der Waals surface area contributed by atoms with Crippen LogP contribution in [0.5, 0.6) is 0 Å². The Balaban J connectivity index is 2.15. The van der Waals surface area contributed by atoms with Crippen molar-refractivity contribution in [1.82, 2.24) is 5.32 Å². The molecule has 1 atom stereocenters. The van der Waals surface area contributed by atoms with E-state index in [1.807, 2.05) is 12.1 Å². The highest BCUT2D eigenvalue weighted by Crippen LogP contribution is 2.41. The van der Waals surface area contributed by atoms with Crippen LogP contribution in [0.2, 0.25) is 5.02 Å². The minimum atomic E-state index is 0.110. The Morgan fingerprint density at radius 1 is 1.27 bits per heavy atom. The molecule has 0 saturated heterocycles. The van der Waals surface area contributed by atoms with Crippen molar-refractivity contribution in [2.45, 2.75) is 5.41 Å². The third-order valence-corrected chi connectivity index (χ3v) is 3.59. The zero-order chi connectivity index (χ0) is 10.3. The van der Waals surface area contributed by atoms with Gasteiger partial charge in [-0.1, -0.05) is 35.9 Å². The monoisotopic (exact) mass is 220 g/mol. The van der Waals surface area contributed by atoms with Crippen molar-refractivity contribution in [3.8, 4) is 0 Å². The number of halogens is 1. The maximum atomic E-state index is 6.17. The van der Waals surface area contributed by atoms with E-state index in [2.05, 4.69) is 28.9 Å². The van der Waals surface area contributed by atoms with Crippen LogP contribution in [-0.2, 0) is 5.41 Å². The van der Waals surface area contributed by atoms with E-state index in [0.717, 1.165) is 30.3 Å². The number of rotatable bonds is 0. The van der Waals surface area contributed by atoms with Crippen LogP contribution in [0.4, 0.5) is 5.69 Å². The van der Waals surface area contributed by atoms with Gasteiger partial charge in [0.05, 0.1) is 10.7 Å². The second kappa shape index (κ2) is 3.26. The van der Waals surface area contributed by atoms with Gasteiger partial charge in [-0.2, -0.15) is 0 Å². The van der Waals surface area contributed by atoms with Crippen LogP contribution in [-0.4, -0.2) is 19.6 Å². The summed E-state index contributed by atoms with van der Waals surface area (Å²) in [7, 11) is 0. The molecular formula is C12H13ClN2. The highest BCUT2D eigenvalue weighted by Gasteiger charge is 2.38. The summed E-state index contributed by atoms with van der Waals surface area (Å²) in [5, 5.41) is 7.64. The topological polar surface area (TPSA) is 24.1 Å². The maximum absolute atomic E-state index is 6.17. The predicted molar refractivity (Wildman–Crippen MR) is 63.6 cm³/mol. The smallest absolute Gasteiger partial charge is 0.0640 e. The van der Waals surface area contributed by atoms with Gasteiger partial charge in [0.25, 0.3) is 0 Å². The number of fused-ring (bicyclic) bond motifs is 2. The van der Waals surface area contributed by atoms with Gasteiger partial charge in [-0.15, -0.1) is 0 Å². The molecule has 2 nitrogen and oxygen atoms in total. The molecule has 2 aliphatic rings. The molecule has 15 heavy (non-hydrogen) atoms. The van der Waals surface area contributed by atoms with Crippen molar-refractivity contribution in [3.05, 3.63) is 40.9 Å². The fourth-order valence-electron chi connectivity index (χ4n) is 2.49. The predicted octanol–water partition coefficient (Wildman–Crippen LogP) is 2.16. The molecule has 2 aliphatic heterocycles. The van der Waals surface area contributed by atoms with Crippen LogP contribution < -0.4 is 10.6 Å². The number of nitrogens with one attached hydrogen (secondary N) is 2. The first-order valence-electron chi connectivity index (χ1n) is 5.23. The zero-order valence-electron chi connectivity index (χ0n) is 8.39. The normalized spacial score (nSPS) is 27.8. The van der Waals surface area contributed by atoms with Crippen LogP contribution in [0.15, 0.2) is 30.4 Å². The molecule has 1 aromatic carbocycles. The van der Waals surface area contributed by atoms with E-state index in [0.29, 0.717) is 0 Å². The molecule has 0 saturated carbocycles. The number of para-hydroxylation sites is 1. The largest absolute Gasteiger partial charge is 0.382 e. The van der Waals surface area contributed by atoms with Gasteiger partial charge in [0.2, 0.25) is 0 Å². The Morgan fingerprint density at radius 2 is 2.20 bits per heavy atom. The van der Waals surface area contributed by atoms with Gasteiger partial charge in [0.15, 0.2) is 0 Å². The molecule has 2 heterocycles. The average Bonchev–Trinajstić information content (AvgIpc) is 2.61. The second-order valence-electron chi connectivity index (χ2n) is 4.21. The fourth-order valence-corrected chi connectivity index (χ4v) is 2.73. The quantitative estimate of drug-likeness (QED) is 0.655. The lowest BCUT2D eigenvalue weighted by molar-refractivity contribution is 0.513. The van der Waals surface area contributed by atoms with Gasteiger partial charge in [0.1, 0.15) is 0 Å². The Hall–Kier alpha value is -0.990. The number of anilines is 1. The van der Waals surface area contributed by atoms with E-state index >= 15 is 0 Å². The third kappa shape index (κ3) is 1.29. The lowest BCUT2D eigenvalue weighted by Gasteiger charge is -2.29. The van der Waals surface area contributed by atoms with Gasteiger partial charge < -0.3 is 10.6 Å². The average molecular weight is 221 g/mol. The Bertz CT molecular complexity index is 428. The summed E-state index contributed by atoms with van der Waals surface area (Å²) in [6.45, 7) is 2.90. The zero-order valence-corrected chi connectivity index (χ0v) is 9.14.